The van der Waals surface area contributed by atoms with Crippen molar-refractivity contribution in [1.82, 2.24) is 16.0 Å². The summed E-state index contributed by atoms with van der Waals surface area (Å²) in [7, 11) is 0. The summed E-state index contributed by atoms with van der Waals surface area (Å²) in [5.41, 5.74) is 18.1. The van der Waals surface area contributed by atoms with Crippen molar-refractivity contribution in [3.8, 4) is 0 Å². The van der Waals surface area contributed by atoms with E-state index in [4.69, 9.17) is 27.1 Å². The van der Waals surface area contributed by atoms with Gasteiger partial charge in [0.05, 0.1) is 0 Å². The van der Waals surface area contributed by atoms with Gasteiger partial charge in [0.25, 0.3) is 5.97 Å². The average Bonchev–Trinajstić information content (AvgIpc) is 2.97. The molecule has 0 aliphatic carbocycles. The number of carboxylic acid groups (broad SMARTS) is 1. The highest BCUT2D eigenvalue weighted by Gasteiger charge is 2.29. The highest BCUT2D eigenvalue weighted by molar-refractivity contribution is 5.94. The van der Waals surface area contributed by atoms with Gasteiger partial charge in [-0.3, -0.25) is 29.0 Å². The number of carbonyl (C=O) groups excluding carboxylic acids is 4. The lowest BCUT2D eigenvalue weighted by atomic mass is 10.0. The maximum absolute atomic E-state index is 13.4. The van der Waals surface area contributed by atoms with Crippen LogP contribution in [0.25, 0.3) is 10.8 Å². The predicted molar refractivity (Wildman–Crippen MR) is 172 cm³/mol. The second-order valence-corrected chi connectivity index (χ2v) is 10.3. The van der Waals surface area contributed by atoms with Gasteiger partial charge in [-0.05, 0) is 34.7 Å². The molecule has 0 saturated carbocycles. The van der Waals surface area contributed by atoms with Crippen LogP contribution in [0.2, 0.25) is 0 Å². The molecule has 13 heteroatoms. The number of fused-ring (bicyclic) bond motifs is 1. The maximum Gasteiger partial charge on any atom is 0.300 e. The molecule has 13 nitrogen and oxygen atoms in total. The van der Waals surface area contributed by atoms with E-state index in [1.807, 2.05) is 72.8 Å². The van der Waals surface area contributed by atoms with Crippen LogP contribution in [0.3, 0.4) is 0 Å². The van der Waals surface area contributed by atoms with Crippen LogP contribution >= 0.6 is 0 Å². The van der Waals surface area contributed by atoms with Gasteiger partial charge in [-0.1, -0.05) is 72.8 Å². The third kappa shape index (κ3) is 13.6. The standard InChI is InChI=1S/C30H37N7O4.C2H4O2/c1-19(38)35-26(17-20-8-3-2-4-9-20)29(41)36-24(12-7-15-34-30(32)33)28(40)37-25(27(31)39)18-21-13-14-22-10-5-6-11-23(22)16-21;1-2(3)4/h2-6,8-11,13-14,16,24-26H,7,12,15,17-18H2,1H3,(H2,31,39)(H,35,38)(H,36,41)(H,37,40)(H4,32,33,34);1H3,(H,3,4)/t24-,25+,26+;/m0./s1. The van der Waals surface area contributed by atoms with Crippen LogP contribution in [-0.2, 0) is 36.8 Å². The number of primary amides is 1. The van der Waals surface area contributed by atoms with Crippen molar-refractivity contribution >= 4 is 46.3 Å². The molecule has 10 N–H and O–H groups in total. The zero-order chi connectivity index (χ0) is 33.4. The van der Waals surface area contributed by atoms with E-state index in [9.17, 15) is 19.2 Å². The van der Waals surface area contributed by atoms with Gasteiger partial charge in [-0.25, -0.2) is 0 Å². The molecule has 0 radical (unpaired) electrons. The molecular weight excluding hydrogens is 578 g/mol. The van der Waals surface area contributed by atoms with Crippen LogP contribution in [0.15, 0.2) is 77.8 Å². The third-order valence-corrected chi connectivity index (χ3v) is 6.47. The SMILES string of the molecule is CC(=O)N[C@H](Cc1ccccc1)C(=O)N[C@@H](CCCN=C(N)N)C(=O)N[C@H](Cc1ccc2ccccc2c1)C(N)=O.CC(=O)O. The van der Waals surface area contributed by atoms with E-state index >= 15 is 0 Å². The van der Waals surface area contributed by atoms with Gasteiger partial charge in [0.1, 0.15) is 18.1 Å². The number of carboxylic acids is 1. The number of guanidine groups is 1. The highest BCUT2D eigenvalue weighted by Crippen LogP contribution is 2.17. The zero-order valence-corrected chi connectivity index (χ0v) is 25.4. The van der Waals surface area contributed by atoms with E-state index in [1.165, 1.54) is 6.92 Å². The highest BCUT2D eigenvalue weighted by atomic mass is 16.4. The minimum atomic E-state index is -1.04. The molecule has 3 aromatic carbocycles. The molecule has 0 unspecified atom stereocenters. The summed E-state index contributed by atoms with van der Waals surface area (Å²) in [5.74, 6) is -3.16. The van der Waals surface area contributed by atoms with Crippen LogP contribution in [-0.4, -0.2) is 65.3 Å². The maximum atomic E-state index is 13.4. The molecule has 0 heterocycles. The van der Waals surface area contributed by atoms with Gasteiger partial charge < -0.3 is 38.3 Å². The normalized spacial score (nSPS) is 12.3. The first-order chi connectivity index (χ1) is 21.3. The number of rotatable bonds is 14. The molecule has 45 heavy (non-hydrogen) atoms. The molecule has 3 aromatic rings. The molecule has 4 amide bonds. The molecule has 0 aromatic heterocycles. The van der Waals surface area contributed by atoms with Crippen molar-refractivity contribution in [3.63, 3.8) is 0 Å². The predicted octanol–water partition coefficient (Wildman–Crippen LogP) is 0.729. The Bertz CT molecular complexity index is 1490. The molecule has 0 fully saturated rings. The lowest BCUT2D eigenvalue weighted by Gasteiger charge is -2.25. The first-order valence-electron chi connectivity index (χ1n) is 14.3. The molecule has 0 aliphatic rings. The summed E-state index contributed by atoms with van der Waals surface area (Å²) >= 11 is 0. The molecule has 3 rings (SSSR count). The number of aliphatic carboxylic acids is 1. The lowest BCUT2D eigenvalue weighted by Crippen LogP contribution is -2.57. The Labute approximate surface area is 261 Å². The molecule has 0 bridgehead atoms. The summed E-state index contributed by atoms with van der Waals surface area (Å²) < 4.78 is 0. The second kappa shape index (κ2) is 18.3. The minimum absolute atomic E-state index is 0.0900. The Kier molecular flexibility index (Phi) is 14.5. The summed E-state index contributed by atoms with van der Waals surface area (Å²) in [5, 5.41) is 17.5. The molecule has 0 spiro atoms. The summed E-state index contributed by atoms with van der Waals surface area (Å²) in [6.07, 6.45) is 0.934. The average molecular weight is 620 g/mol. The second-order valence-electron chi connectivity index (χ2n) is 10.3. The largest absolute Gasteiger partial charge is 0.481 e. The zero-order valence-electron chi connectivity index (χ0n) is 25.4. The third-order valence-electron chi connectivity index (χ3n) is 6.47. The first-order valence-corrected chi connectivity index (χ1v) is 14.3. The molecule has 3 atom stereocenters. The number of aliphatic imine (C=N–C) groups is 1. The van der Waals surface area contributed by atoms with Crippen molar-refractivity contribution in [2.45, 2.75) is 57.7 Å². The summed E-state index contributed by atoms with van der Waals surface area (Å²) in [6, 6.07) is 19.8. The van der Waals surface area contributed by atoms with E-state index in [1.54, 1.807) is 0 Å². The Morgan fingerprint density at radius 2 is 1.27 bits per heavy atom. The molecule has 240 valence electrons. The van der Waals surface area contributed by atoms with E-state index in [2.05, 4.69) is 20.9 Å². The number of carbonyl (C=O) groups is 5. The van der Waals surface area contributed by atoms with Gasteiger partial charge in [0.2, 0.25) is 23.6 Å². The van der Waals surface area contributed by atoms with Crippen molar-refractivity contribution in [1.29, 1.82) is 0 Å². The number of nitrogens with one attached hydrogen (secondary N) is 3. The van der Waals surface area contributed by atoms with Crippen molar-refractivity contribution in [2.24, 2.45) is 22.2 Å². The van der Waals surface area contributed by atoms with Gasteiger partial charge in [-0.15, -0.1) is 0 Å². The number of nitrogens with two attached hydrogens (primary N) is 3. The van der Waals surface area contributed by atoms with Crippen molar-refractivity contribution < 1.29 is 29.1 Å². The molecular formula is C32H41N7O6. The van der Waals surface area contributed by atoms with Gasteiger partial charge in [0, 0.05) is 33.2 Å². The van der Waals surface area contributed by atoms with Gasteiger partial charge >= 0.3 is 0 Å². The fourth-order valence-electron chi connectivity index (χ4n) is 4.45. The van der Waals surface area contributed by atoms with Crippen LogP contribution in [0.5, 0.6) is 0 Å². The van der Waals surface area contributed by atoms with E-state index in [-0.39, 0.29) is 37.7 Å². The number of hydrogen-bond donors (Lipinski definition) is 7. The van der Waals surface area contributed by atoms with Crippen molar-refractivity contribution in [2.75, 3.05) is 6.54 Å². The Morgan fingerprint density at radius 1 is 0.711 bits per heavy atom. The van der Waals surface area contributed by atoms with Gasteiger partial charge in [-0.2, -0.15) is 0 Å². The van der Waals surface area contributed by atoms with Crippen LogP contribution in [0.4, 0.5) is 0 Å². The fraction of sp³-hybridized carbons (Fsp3) is 0.312. The Hall–Kier alpha value is -5.46. The quantitative estimate of drug-likeness (QED) is 0.0770. The Morgan fingerprint density at radius 3 is 1.87 bits per heavy atom. The van der Waals surface area contributed by atoms with Crippen LogP contribution < -0.4 is 33.2 Å². The summed E-state index contributed by atoms with van der Waals surface area (Å²) in [4.78, 5) is 63.9. The molecule has 0 aliphatic heterocycles. The van der Waals surface area contributed by atoms with Crippen LogP contribution in [0.1, 0.15) is 37.8 Å². The topological polar surface area (TPSA) is 232 Å². The van der Waals surface area contributed by atoms with E-state index in [0.29, 0.717) is 6.42 Å². The lowest BCUT2D eigenvalue weighted by molar-refractivity contribution is -0.134. The number of benzene rings is 3. The first kappa shape index (κ1) is 35.7. The number of amides is 4. The molecule has 0 saturated heterocycles. The smallest absolute Gasteiger partial charge is 0.300 e. The van der Waals surface area contributed by atoms with Crippen LogP contribution in [0, 0.1) is 0 Å². The number of hydrogen-bond acceptors (Lipinski definition) is 6. The van der Waals surface area contributed by atoms with E-state index < -0.39 is 41.8 Å². The van der Waals surface area contributed by atoms with Crippen molar-refractivity contribution in [3.05, 3.63) is 83.9 Å². The fourth-order valence-corrected chi connectivity index (χ4v) is 4.45. The monoisotopic (exact) mass is 619 g/mol. The van der Waals surface area contributed by atoms with Gasteiger partial charge in [0.15, 0.2) is 5.96 Å². The minimum Gasteiger partial charge on any atom is -0.481 e. The number of nitrogens with zero attached hydrogens (tertiary/aromatic N) is 1. The Balaban J connectivity index is 0.00000166. The summed E-state index contributed by atoms with van der Waals surface area (Å²) in [6.45, 7) is 2.63. The van der Waals surface area contributed by atoms with E-state index in [0.717, 1.165) is 28.8 Å².